The first-order valence-electron chi connectivity index (χ1n) is 10.9. The molecule has 0 spiro atoms. The molecule has 0 saturated carbocycles. The molecule has 0 N–H and O–H groups in total. The minimum atomic E-state index is 0.140. The number of furan rings is 1. The van der Waals surface area contributed by atoms with Gasteiger partial charge in [0.1, 0.15) is 11.5 Å². The fourth-order valence-electron chi connectivity index (χ4n) is 4.12. The van der Waals surface area contributed by atoms with Crippen molar-refractivity contribution in [3.63, 3.8) is 0 Å². The van der Waals surface area contributed by atoms with Gasteiger partial charge in [-0.1, -0.05) is 48.5 Å². The molecule has 0 atom stereocenters. The van der Waals surface area contributed by atoms with Gasteiger partial charge in [0.15, 0.2) is 0 Å². The number of para-hydroxylation sites is 1. The maximum Gasteiger partial charge on any atom is 0.223 e. The summed E-state index contributed by atoms with van der Waals surface area (Å²) < 4.78 is 5.94. The molecule has 1 amide bonds. The van der Waals surface area contributed by atoms with Crippen LogP contribution in [0.2, 0.25) is 0 Å². The molecule has 0 aliphatic carbocycles. The van der Waals surface area contributed by atoms with Crippen LogP contribution in [-0.2, 0) is 17.8 Å². The number of aryl methyl sites for hydroxylation is 1. The van der Waals surface area contributed by atoms with Crippen LogP contribution in [0.1, 0.15) is 37.0 Å². The number of piperidine rings is 1. The number of anilines is 1. The van der Waals surface area contributed by atoms with E-state index in [1.54, 1.807) is 0 Å². The summed E-state index contributed by atoms with van der Waals surface area (Å²) in [6.45, 7) is 2.85. The van der Waals surface area contributed by atoms with E-state index in [1.807, 2.05) is 54.4 Å². The summed E-state index contributed by atoms with van der Waals surface area (Å²) in [5.41, 5.74) is 3.55. The highest BCUT2D eigenvalue weighted by atomic mass is 16.3. The Balaban J connectivity index is 1.34. The minimum absolute atomic E-state index is 0.140. The van der Waals surface area contributed by atoms with E-state index in [-0.39, 0.29) is 5.91 Å². The van der Waals surface area contributed by atoms with E-state index in [1.165, 1.54) is 30.5 Å². The third-order valence-corrected chi connectivity index (χ3v) is 5.83. The summed E-state index contributed by atoms with van der Waals surface area (Å²) in [5.74, 6) is 1.84. The van der Waals surface area contributed by atoms with Gasteiger partial charge in [-0.25, -0.2) is 0 Å². The highest BCUT2D eigenvalue weighted by Gasteiger charge is 2.17. The Hall–Kier alpha value is -3.01. The van der Waals surface area contributed by atoms with Crippen molar-refractivity contribution in [3.8, 4) is 11.3 Å². The zero-order valence-corrected chi connectivity index (χ0v) is 17.7. The van der Waals surface area contributed by atoms with Gasteiger partial charge in [-0.15, -0.1) is 0 Å². The molecular formula is C26H30N2O2. The van der Waals surface area contributed by atoms with Crippen LogP contribution in [-0.4, -0.2) is 30.9 Å². The summed E-state index contributed by atoms with van der Waals surface area (Å²) in [4.78, 5) is 17.1. The Morgan fingerprint density at radius 2 is 1.67 bits per heavy atom. The van der Waals surface area contributed by atoms with Crippen molar-refractivity contribution in [2.24, 2.45) is 0 Å². The Labute approximate surface area is 179 Å². The highest BCUT2D eigenvalue weighted by molar-refractivity contribution is 5.76. The van der Waals surface area contributed by atoms with Crippen molar-refractivity contribution in [3.05, 3.63) is 78.1 Å². The van der Waals surface area contributed by atoms with Gasteiger partial charge >= 0.3 is 0 Å². The van der Waals surface area contributed by atoms with Crippen LogP contribution in [0.4, 0.5) is 5.69 Å². The van der Waals surface area contributed by atoms with Crippen molar-refractivity contribution in [1.82, 2.24) is 4.90 Å². The van der Waals surface area contributed by atoms with E-state index >= 15 is 0 Å². The van der Waals surface area contributed by atoms with Crippen LogP contribution in [0, 0.1) is 0 Å². The van der Waals surface area contributed by atoms with Crippen LogP contribution in [0.15, 0.2) is 71.1 Å². The zero-order chi connectivity index (χ0) is 20.8. The van der Waals surface area contributed by atoms with Crippen LogP contribution in [0.5, 0.6) is 0 Å². The molecule has 0 bridgehead atoms. The zero-order valence-electron chi connectivity index (χ0n) is 17.7. The number of amides is 1. The summed E-state index contributed by atoms with van der Waals surface area (Å²) in [6.07, 6.45) is 4.87. The first-order chi connectivity index (χ1) is 14.7. The first-order valence-corrected chi connectivity index (χ1v) is 10.9. The van der Waals surface area contributed by atoms with E-state index in [2.05, 4.69) is 29.2 Å². The standard InChI is InChI=1S/C26H30N2O2/c1-27(20-22-12-6-7-13-24(22)28-18-8-3-9-19-28)26(29)17-15-23-14-16-25(30-23)21-10-4-2-5-11-21/h2,4-7,10-14,16H,3,8-9,15,17-20H2,1H3. The Bertz CT molecular complexity index is 958. The van der Waals surface area contributed by atoms with E-state index in [4.69, 9.17) is 4.42 Å². The van der Waals surface area contributed by atoms with Gasteiger partial charge in [0.05, 0.1) is 0 Å². The van der Waals surface area contributed by atoms with Crippen LogP contribution in [0.25, 0.3) is 11.3 Å². The summed E-state index contributed by atoms with van der Waals surface area (Å²) >= 11 is 0. The number of rotatable bonds is 7. The average molecular weight is 403 g/mol. The van der Waals surface area contributed by atoms with Crippen molar-refractivity contribution in [2.45, 2.75) is 38.6 Å². The lowest BCUT2D eigenvalue weighted by Crippen LogP contribution is -2.32. The van der Waals surface area contributed by atoms with Crippen molar-refractivity contribution in [1.29, 1.82) is 0 Å². The number of nitrogens with zero attached hydrogens (tertiary/aromatic N) is 2. The first kappa shape index (κ1) is 20.3. The molecule has 156 valence electrons. The quantitative estimate of drug-likeness (QED) is 0.521. The number of benzene rings is 2. The SMILES string of the molecule is CN(Cc1ccccc1N1CCCCC1)C(=O)CCc1ccc(-c2ccccc2)o1. The second-order valence-corrected chi connectivity index (χ2v) is 8.06. The number of carbonyl (C=O) groups is 1. The van der Waals surface area contributed by atoms with Crippen molar-refractivity contribution in [2.75, 3.05) is 25.0 Å². The second-order valence-electron chi connectivity index (χ2n) is 8.06. The van der Waals surface area contributed by atoms with E-state index < -0.39 is 0 Å². The van der Waals surface area contributed by atoms with Crippen molar-refractivity contribution >= 4 is 11.6 Å². The summed E-state index contributed by atoms with van der Waals surface area (Å²) in [6, 6.07) is 22.5. The number of hydrogen-bond donors (Lipinski definition) is 0. The molecule has 30 heavy (non-hydrogen) atoms. The summed E-state index contributed by atoms with van der Waals surface area (Å²) in [5, 5.41) is 0. The molecule has 0 radical (unpaired) electrons. The van der Waals surface area contributed by atoms with Crippen molar-refractivity contribution < 1.29 is 9.21 Å². The largest absolute Gasteiger partial charge is 0.461 e. The molecule has 3 aromatic rings. The molecule has 1 aliphatic heterocycles. The molecule has 1 saturated heterocycles. The predicted octanol–water partition coefficient (Wildman–Crippen LogP) is 5.53. The highest BCUT2D eigenvalue weighted by Crippen LogP contribution is 2.26. The average Bonchev–Trinajstić information content (AvgIpc) is 3.28. The molecule has 1 aromatic heterocycles. The predicted molar refractivity (Wildman–Crippen MR) is 121 cm³/mol. The van der Waals surface area contributed by atoms with Crippen LogP contribution in [0.3, 0.4) is 0 Å². The Kier molecular flexibility index (Phi) is 6.53. The van der Waals surface area contributed by atoms with Gasteiger partial charge in [0, 0.05) is 50.8 Å². The Morgan fingerprint density at radius 3 is 2.47 bits per heavy atom. The fraction of sp³-hybridized carbons (Fsp3) is 0.346. The third-order valence-electron chi connectivity index (χ3n) is 5.83. The lowest BCUT2D eigenvalue weighted by molar-refractivity contribution is -0.130. The topological polar surface area (TPSA) is 36.7 Å². The molecule has 4 rings (SSSR count). The van der Waals surface area contributed by atoms with E-state index in [0.717, 1.165) is 30.2 Å². The lowest BCUT2D eigenvalue weighted by Gasteiger charge is -2.31. The second kappa shape index (κ2) is 9.66. The number of hydrogen-bond acceptors (Lipinski definition) is 3. The number of carbonyl (C=O) groups excluding carboxylic acids is 1. The molecule has 4 nitrogen and oxygen atoms in total. The molecule has 1 fully saturated rings. The van der Waals surface area contributed by atoms with E-state index in [9.17, 15) is 4.79 Å². The van der Waals surface area contributed by atoms with Gasteiger partial charge < -0.3 is 14.2 Å². The van der Waals surface area contributed by atoms with Gasteiger partial charge in [0.25, 0.3) is 0 Å². The third kappa shape index (κ3) is 4.93. The van der Waals surface area contributed by atoms with Crippen LogP contribution >= 0.6 is 0 Å². The molecule has 1 aliphatic rings. The normalized spacial score (nSPS) is 14.0. The summed E-state index contributed by atoms with van der Waals surface area (Å²) in [7, 11) is 1.90. The Morgan fingerprint density at radius 1 is 0.933 bits per heavy atom. The molecule has 4 heteroatoms. The van der Waals surface area contributed by atoms with Gasteiger partial charge in [-0.05, 0) is 43.0 Å². The van der Waals surface area contributed by atoms with Crippen LogP contribution < -0.4 is 4.90 Å². The minimum Gasteiger partial charge on any atom is -0.461 e. The van der Waals surface area contributed by atoms with Gasteiger partial charge in [-0.2, -0.15) is 0 Å². The molecule has 2 heterocycles. The van der Waals surface area contributed by atoms with Gasteiger partial charge in [0.2, 0.25) is 5.91 Å². The smallest absolute Gasteiger partial charge is 0.223 e. The molecular weight excluding hydrogens is 372 g/mol. The maximum atomic E-state index is 12.8. The monoisotopic (exact) mass is 402 g/mol. The lowest BCUT2D eigenvalue weighted by atomic mass is 10.1. The molecule has 2 aromatic carbocycles. The fourth-order valence-corrected chi connectivity index (χ4v) is 4.12. The maximum absolute atomic E-state index is 12.8. The van der Waals surface area contributed by atoms with E-state index in [0.29, 0.717) is 19.4 Å². The van der Waals surface area contributed by atoms with Gasteiger partial charge in [-0.3, -0.25) is 4.79 Å². The molecule has 0 unspecified atom stereocenters.